The van der Waals surface area contributed by atoms with Gasteiger partial charge in [0.2, 0.25) is 0 Å². The lowest BCUT2D eigenvalue weighted by atomic mass is 10.2. The van der Waals surface area contributed by atoms with Crippen molar-refractivity contribution in [3.8, 4) is 5.75 Å². The van der Waals surface area contributed by atoms with E-state index in [1.165, 1.54) is 5.56 Å². The third kappa shape index (κ3) is 6.20. The van der Waals surface area contributed by atoms with Gasteiger partial charge in [-0.3, -0.25) is 9.69 Å². The summed E-state index contributed by atoms with van der Waals surface area (Å²) in [6.45, 7) is 4.76. The minimum Gasteiger partial charge on any atom is -0.484 e. The van der Waals surface area contributed by atoms with E-state index < -0.39 is 0 Å². The number of carbonyl (C=O) groups is 1. The summed E-state index contributed by atoms with van der Waals surface area (Å²) in [6.07, 6.45) is 1.69. The zero-order valence-electron chi connectivity index (χ0n) is 17.2. The summed E-state index contributed by atoms with van der Waals surface area (Å²) in [5, 5.41) is 3.43. The molecule has 0 bridgehead atoms. The van der Waals surface area contributed by atoms with E-state index in [1.54, 1.807) is 30.5 Å². The van der Waals surface area contributed by atoms with Crippen molar-refractivity contribution in [1.29, 1.82) is 0 Å². The Morgan fingerprint density at radius 1 is 0.968 bits per heavy atom. The average molecular weight is 437 g/mol. The lowest BCUT2D eigenvalue weighted by Gasteiger charge is -2.35. The number of pyridine rings is 1. The number of benzene rings is 2. The molecule has 7 heteroatoms. The topological polar surface area (TPSA) is 57.7 Å². The molecule has 1 aromatic heterocycles. The quantitative estimate of drug-likeness (QED) is 0.605. The molecule has 0 unspecified atom stereocenters. The number of hydrogen-bond acceptors (Lipinski definition) is 5. The zero-order valence-corrected chi connectivity index (χ0v) is 18.0. The number of piperazine rings is 1. The molecule has 1 amide bonds. The van der Waals surface area contributed by atoms with Gasteiger partial charge in [0.15, 0.2) is 6.61 Å². The van der Waals surface area contributed by atoms with Crippen molar-refractivity contribution in [2.45, 2.75) is 6.54 Å². The van der Waals surface area contributed by atoms with Gasteiger partial charge < -0.3 is 15.0 Å². The van der Waals surface area contributed by atoms with Crippen LogP contribution in [0.4, 0.5) is 11.5 Å². The van der Waals surface area contributed by atoms with Crippen LogP contribution >= 0.6 is 11.6 Å². The first kappa shape index (κ1) is 21.2. The van der Waals surface area contributed by atoms with Crippen molar-refractivity contribution >= 4 is 29.0 Å². The predicted octanol–water partition coefficient (Wildman–Crippen LogP) is 4.07. The highest BCUT2D eigenvalue weighted by atomic mass is 35.5. The second-order valence-electron chi connectivity index (χ2n) is 7.44. The fourth-order valence-corrected chi connectivity index (χ4v) is 3.63. The average Bonchev–Trinajstić information content (AvgIpc) is 2.80. The van der Waals surface area contributed by atoms with Crippen molar-refractivity contribution in [3.63, 3.8) is 0 Å². The lowest BCUT2D eigenvalue weighted by molar-refractivity contribution is -0.118. The Kier molecular flexibility index (Phi) is 7.02. The molecule has 0 radical (unpaired) electrons. The fraction of sp³-hybridized carbons (Fsp3) is 0.250. The van der Waals surface area contributed by atoms with Crippen LogP contribution in [0.3, 0.4) is 0 Å². The molecular formula is C24H25ClN4O2. The lowest BCUT2D eigenvalue weighted by Crippen LogP contribution is -2.46. The van der Waals surface area contributed by atoms with Crippen LogP contribution in [-0.2, 0) is 11.3 Å². The van der Waals surface area contributed by atoms with E-state index in [-0.39, 0.29) is 12.5 Å². The van der Waals surface area contributed by atoms with Gasteiger partial charge in [0.1, 0.15) is 11.6 Å². The van der Waals surface area contributed by atoms with Gasteiger partial charge in [0.25, 0.3) is 5.91 Å². The first-order valence-electron chi connectivity index (χ1n) is 10.3. The Balaban J connectivity index is 1.23. The number of ether oxygens (including phenoxy) is 1. The number of carbonyl (C=O) groups excluding carboxylic acids is 1. The number of hydrogen-bond donors (Lipinski definition) is 1. The van der Waals surface area contributed by atoms with Gasteiger partial charge in [-0.15, -0.1) is 0 Å². The number of aromatic nitrogens is 1. The van der Waals surface area contributed by atoms with E-state index in [4.69, 9.17) is 16.3 Å². The van der Waals surface area contributed by atoms with E-state index >= 15 is 0 Å². The number of halogens is 1. The standard InChI is InChI=1S/C24H25ClN4O2/c25-20-6-9-22(10-7-20)31-18-24(30)27-21-8-11-23(26-16-21)29-14-12-28(13-15-29)17-19-4-2-1-3-5-19/h1-11,16H,12-15,17-18H2,(H,27,30). The molecule has 1 N–H and O–H groups in total. The summed E-state index contributed by atoms with van der Waals surface area (Å²) in [5.74, 6) is 1.29. The molecule has 1 aliphatic rings. The Labute approximate surface area is 187 Å². The van der Waals surface area contributed by atoms with Crippen LogP contribution in [0.25, 0.3) is 0 Å². The highest BCUT2D eigenvalue weighted by Gasteiger charge is 2.18. The Hall–Kier alpha value is -3.09. The summed E-state index contributed by atoms with van der Waals surface area (Å²) in [5.41, 5.74) is 1.99. The van der Waals surface area contributed by atoms with Crippen molar-refractivity contribution in [3.05, 3.63) is 83.5 Å². The van der Waals surface area contributed by atoms with E-state index in [2.05, 4.69) is 44.4 Å². The van der Waals surface area contributed by atoms with Gasteiger partial charge in [-0.2, -0.15) is 0 Å². The normalized spacial score (nSPS) is 14.3. The molecule has 0 atom stereocenters. The van der Waals surface area contributed by atoms with Crippen LogP contribution in [0.5, 0.6) is 5.75 Å². The summed E-state index contributed by atoms with van der Waals surface area (Å²) in [6, 6.07) is 21.3. The molecule has 1 fully saturated rings. The second kappa shape index (κ2) is 10.3. The highest BCUT2D eigenvalue weighted by molar-refractivity contribution is 6.30. The summed E-state index contributed by atoms with van der Waals surface area (Å²) < 4.78 is 5.46. The molecule has 1 aliphatic heterocycles. The van der Waals surface area contributed by atoms with Crippen LogP contribution < -0.4 is 15.0 Å². The number of nitrogens with zero attached hydrogens (tertiary/aromatic N) is 3. The smallest absolute Gasteiger partial charge is 0.262 e. The first-order chi connectivity index (χ1) is 15.2. The molecule has 4 rings (SSSR count). The van der Waals surface area contributed by atoms with E-state index in [0.717, 1.165) is 38.5 Å². The Morgan fingerprint density at radius 3 is 2.39 bits per heavy atom. The maximum absolute atomic E-state index is 12.1. The SMILES string of the molecule is O=C(COc1ccc(Cl)cc1)Nc1ccc(N2CCN(Cc3ccccc3)CC2)nc1. The second-order valence-corrected chi connectivity index (χ2v) is 7.88. The summed E-state index contributed by atoms with van der Waals surface area (Å²) in [4.78, 5) is 21.4. The van der Waals surface area contributed by atoms with Crippen LogP contribution in [0.15, 0.2) is 72.9 Å². The van der Waals surface area contributed by atoms with E-state index in [1.807, 2.05) is 18.2 Å². The van der Waals surface area contributed by atoms with Gasteiger partial charge in [-0.1, -0.05) is 41.9 Å². The first-order valence-corrected chi connectivity index (χ1v) is 10.7. The largest absolute Gasteiger partial charge is 0.484 e. The monoisotopic (exact) mass is 436 g/mol. The molecular weight excluding hydrogens is 412 g/mol. The summed E-state index contributed by atoms with van der Waals surface area (Å²) >= 11 is 5.84. The predicted molar refractivity (Wildman–Crippen MR) is 124 cm³/mol. The molecule has 2 heterocycles. The third-order valence-corrected chi connectivity index (χ3v) is 5.41. The minimum atomic E-state index is -0.237. The van der Waals surface area contributed by atoms with Crippen LogP contribution in [0, 0.1) is 0 Å². The third-order valence-electron chi connectivity index (χ3n) is 5.16. The molecule has 0 saturated carbocycles. The van der Waals surface area contributed by atoms with Crippen molar-refractivity contribution in [1.82, 2.24) is 9.88 Å². The molecule has 0 aliphatic carbocycles. The Morgan fingerprint density at radius 2 is 1.71 bits per heavy atom. The van der Waals surface area contributed by atoms with Gasteiger partial charge in [0, 0.05) is 37.7 Å². The van der Waals surface area contributed by atoms with Gasteiger partial charge >= 0.3 is 0 Å². The van der Waals surface area contributed by atoms with Crippen molar-refractivity contribution < 1.29 is 9.53 Å². The summed E-state index contributed by atoms with van der Waals surface area (Å²) in [7, 11) is 0. The van der Waals surface area contributed by atoms with Gasteiger partial charge in [-0.25, -0.2) is 4.98 Å². The molecule has 6 nitrogen and oxygen atoms in total. The molecule has 1 saturated heterocycles. The molecule has 2 aromatic carbocycles. The van der Waals surface area contributed by atoms with Crippen molar-refractivity contribution in [2.24, 2.45) is 0 Å². The molecule has 31 heavy (non-hydrogen) atoms. The van der Waals surface area contributed by atoms with E-state index in [9.17, 15) is 4.79 Å². The minimum absolute atomic E-state index is 0.0766. The molecule has 3 aromatic rings. The number of amides is 1. The molecule has 0 spiro atoms. The fourth-order valence-electron chi connectivity index (χ4n) is 3.50. The van der Waals surface area contributed by atoms with E-state index in [0.29, 0.717) is 16.5 Å². The molecule has 160 valence electrons. The maximum Gasteiger partial charge on any atom is 0.262 e. The van der Waals surface area contributed by atoms with Crippen LogP contribution in [0.2, 0.25) is 5.02 Å². The van der Waals surface area contributed by atoms with Crippen LogP contribution in [-0.4, -0.2) is 48.6 Å². The Bertz CT molecular complexity index is 973. The number of anilines is 2. The maximum atomic E-state index is 12.1. The number of nitrogens with one attached hydrogen (secondary N) is 1. The number of rotatable bonds is 7. The van der Waals surface area contributed by atoms with Crippen molar-refractivity contribution in [2.75, 3.05) is 43.0 Å². The van der Waals surface area contributed by atoms with Gasteiger partial charge in [0.05, 0.1) is 11.9 Å². The zero-order chi connectivity index (χ0) is 21.5. The van der Waals surface area contributed by atoms with Gasteiger partial charge in [-0.05, 0) is 42.0 Å². The van der Waals surface area contributed by atoms with Crippen LogP contribution in [0.1, 0.15) is 5.56 Å². The highest BCUT2D eigenvalue weighted by Crippen LogP contribution is 2.18.